The van der Waals surface area contributed by atoms with Gasteiger partial charge in [-0.3, -0.25) is 4.79 Å². The van der Waals surface area contributed by atoms with E-state index in [0.29, 0.717) is 28.8 Å². The Bertz CT molecular complexity index is 1030. The van der Waals surface area contributed by atoms with E-state index in [1.165, 1.54) is 16.6 Å². The van der Waals surface area contributed by atoms with Crippen LogP contribution in [0.2, 0.25) is 0 Å². The molecule has 3 heterocycles. The van der Waals surface area contributed by atoms with Crippen molar-refractivity contribution in [1.29, 1.82) is 0 Å². The molecule has 0 fully saturated rings. The molecule has 0 radical (unpaired) electrons. The number of nitrogens with one attached hydrogen (secondary N) is 1. The molecule has 0 aliphatic carbocycles. The van der Waals surface area contributed by atoms with Crippen molar-refractivity contribution in [1.82, 2.24) is 15.3 Å². The van der Waals surface area contributed by atoms with Crippen LogP contribution in [0.15, 0.2) is 69.8 Å². The van der Waals surface area contributed by atoms with Gasteiger partial charge in [0, 0.05) is 40.5 Å². The van der Waals surface area contributed by atoms with Crippen molar-refractivity contribution in [2.75, 3.05) is 6.54 Å². The Hall–Kier alpha value is -2.64. The maximum atomic E-state index is 12.7. The average molecular weight is 396 g/mol. The number of thiophene rings is 1. The third-order valence-electron chi connectivity index (χ3n) is 4.03. The van der Waals surface area contributed by atoms with Crippen molar-refractivity contribution in [3.05, 3.63) is 76.4 Å². The first-order chi connectivity index (χ1) is 13.3. The SMILES string of the molecule is O=C(NCCc1cccs1)c1oc2ccccc2c1CSc1ncccn1. The second kappa shape index (κ2) is 8.37. The largest absolute Gasteiger partial charge is 0.451 e. The van der Waals surface area contributed by atoms with Crippen LogP contribution in [0, 0.1) is 0 Å². The Kier molecular flexibility index (Phi) is 5.50. The van der Waals surface area contributed by atoms with Gasteiger partial charge < -0.3 is 9.73 Å². The molecule has 0 saturated heterocycles. The van der Waals surface area contributed by atoms with Gasteiger partial charge in [0.25, 0.3) is 5.91 Å². The van der Waals surface area contributed by atoms with Crippen LogP contribution in [0.1, 0.15) is 21.0 Å². The van der Waals surface area contributed by atoms with E-state index in [0.717, 1.165) is 17.4 Å². The number of rotatable bonds is 7. The highest BCUT2D eigenvalue weighted by Crippen LogP contribution is 2.30. The predicted molar refractivity (Wildman–Crippen MR) is 108 cm³/mol. The normalized spacial score (nSPS) is 11.0. The van der Waals surface area contributed by atoms with Crippen molar-refractivity contribution in [2.45, 2.75) is 17.3 Å². The number of thioether (sulfide) groups is 1. The van der Waals surface area contributed by atoms with Crippen molar-refractivity contribution in [3.8, 4) is 0 Å². The molecule has 27 heavy (non-hydrogen) atoms. The molecule has 1 N–H and O–H groups in total. The number of fused-ring (bicyclic) bond motifs is 1. The smallest absolute Gasteiger partial charge is 0.287 e. The average Bonchev–Trinajstić information content (AvgIpc) is 3.35. The lowest BCUT2D eigenvalue weighted by atomic mass is 10.1. The zero-order valence-electron chi connectivity index (χ0n) is 14.4. The molecular weight excluding hydrogens is 378 g/mol. The van der Waals surface area contributed by atoms with Gasteiger partial charge in [-0.2, -0.15) is 0 Å². The molecule has 1 amide bonds. The molecule has 0 bridgehead atoms. The second-order valence-electron chi connectivity index (χ2n) is 5.81. The second-order valence-corrected chi connectivity index (χ2v) is 7.79. The van der Waals surface area contributed by atoms with E-state index < -0.39 is 0 Å². The summed E-state index contributed by atoms with van der Waals surface area (Å²) < 4.78 is 5.87. The van der Waals surface area contributed by atoms with Crippen LogP contribution in [0.5, 0.6) is 0 Å². The molecule has 0 aliphatic rings. The number of aromatic nitrogens is 2. The van der Waals surface area contributed by atoms with Crippen molar-refractivity contribution in [3.63, 3.8) is 0 Å². The summed E-state index contributed by atoms with van der Waals surface area (Å²) >= 11 is 3.18. The first kappa shape index (κ1) is 17.8. The lowest BCUT2D eigenvalue weighted by Crippen LogP contribution is -2.25. The molecule has 4 aromatic rings. The highest BCUT2D eigenvalue weighted by molar-refractivity contribution is 7.98. The Morgan fingerprint density at radius 3 is 2.78 bits per heavy atom. The quantitative estimate of drug-likeness (QED) is 0.367. The van der Waals surface area contributed by atoms with E-state index in [1.807, 2.05) is 35.7 Å². The summed E-state index contributed by atoms with van der Waals surface area (Å²) in [4.78, 5) is 22.4. The van der Waals surface area contributed by atoms with Gasteiger partial charge in [0.2, 0.25) is 0 Å². The fourth-order valence-electron chi connectivity index (χ4n) is 2.76. The van der Waals surface area contributed by atoms with Gasteiger partial charge in [0.1, 0.15) is 5.58 Å². The highest BCUT2D eigenvalue weighted by Gasteiger charge is 2.20. The lowest BCUT2D eigenvalue weighted by Gasteiger charge is -2.05. The van der Waals surface area contributed by atoms with Crippen LogP contribution in [0.3, 0.4) is 0 Å². The molecule has 136 valence electrons. The Balaban J connectivity index is 1.52. The van der Waals surface area contributed by atoms with Gasteiger partial charge in [-0.25, -0.2) is 9.97 Å². The van der Waals surface area contributed by atoms with E-state index in [-0.39, 0.29) is 5.91 Å². The van der Waals surface area contributed by atoms with Crippen LogP contribution < -0.4 is 5.32 Å². The van der Waals surface area contributed by atoms with Crippen molar-refractivity contribution in [2.24, 2.45) is 0 Å². The maximum Gasteiger partial charge on any atom is 0.287 e. The Morgan fingerprint density at radius 1 is 1.11 bits per heavy atom. The number of benzene rings is 1. The summed E-state index contributed by atoms with van der Waals surface area (Å²) in [6, 6.07) is 13.6. The molecule has 0 aliphatic heterocycles. The van der Waals surface area contributed by atoms with Crippen LogP contribution in [0.25, 0.3) is 11.0 Å². The molecule has 3 aromatic heterocycles. The van der Waals surface area contributed by atoms with Crippen LogP contribution in [0.4, 0.5) is 0 Å². The molecule has 1 aromatic carbocycles. The van der Waals surface area contributed by atoms with Gasteiger partial charge in [-0.05, 0) is 30.0 Å². The molecule has 0 unspecified atom stereocenters. The monoisotopic (exact) mass is 395 g/mol. The van der Waals surface area contributed by atoms with Crippen molar-refractivity contribution >= 4 is 40.0 Å². The zero-order chi connectivity index (χ0) is 18.5. The Morgan fingerprint density at radius 2 is 1.96 bits per heavy atom. The van der Waals surface area contributed by atoms with E-state index >= 15 is 0 Å². The molecule has 7 heteroatoms. The van der Waals surface area contributed by atoms with E-state index in [9.17, 15) is 4.79 Å². The number of carbonyl (C=O) groups excluding carboxylic acids is 1. The van der Waals surface area contributed by atoms with E-state index in [1.54, 1.807) is 29.8 Å². The fourth-order valence-corrected chi connectivity index (χ4v) is 4.30. The maximum absolute atomic E-state index is 12.7. The number of hydrogen-bond acceptors (Lipinski definition) is 6. The van der Waals surface area contributed by atoms with E-state index in [4.69, 9.17) is 4.42 Å². The van der Waals surface area contributed by atoms with Gasteiger partial charge in [0.05, 0.1) is 0 Å². The van der Waals surface area contributed by atoms with Gasteiger partial charge in [-0.1, -0.05) is 36.0 Å². The molecule has 5 nitrogen and oxygen atoms in total. The van der Waals surface area contributed by atoms with Gasteiger partial charge in [0.15, 0.2) is 10.9 Å². The van der Waals surface area contributed by atoms with Crippen molar-refractivity contribution < 1.29 is 9.21 Å². The molecular formula is C20H17N3O2S2. The number of amides is 1. The molecule has 0 saturated carbocycles. The van der Waals surface area contributed by atoms with E-state index in [2.05, 4.69) is 21.4 Å². The van der Waals surface area contributed by atoms with Gasteiger partial charge in [-0.15, -0.1) is 11.3 Å². The summed E-state index contributed by atoms with van der Waals surface area (Å²) in [6.07, 6.45) is 4.23. The fraction of sp³-hybridized carbons (Fsp3) is 0.150. The number of para-hydroxylation sites is 1. The molecule has 0 spiro atoms. The highest BCUT2D eigenvalue weighted by atomic mass is 32.2. The lowest BCUT2D eigenvalue weighted by molar-refractivity contribution is 0.0927. The molecule has 0 atom stereocenters. The number of carbonyl (C=O) groups is 1. The number of nitrogens with zero attached hydrogens (tertiary/aromatic N) is 2. The van der Waals surface area contributed by atoms with Crippen LogP contribution >= 0.6 is 23.1 Å². The predicted octanol–water partition coefficient (Wildman–Crippen LogP) is 4.55. The van der Waals surface area contributed by atoms with Crippen LogP contribution in [-0.4, -0.2) is 22.4 Å². The Labute approximate surface area is 164 Å². The van der Waals surface area contributed by atoms with Gasteiger partial charge >= 0.3 is 0 Å². The van der Waals surface area contributed by atoms with Crippen LogP contribution in [-0.2, 0) is 12.2 Å². The summed E-state index contributed by atoms with van der Waals surface area (Å²) in [5.41, 5.74) is 1.59. The number of hydrogen-bond donors (Lipinski definition) is 1. The minimum Gasteiger partial charge on any atom is -0.451 e. The first-order valence-corrected chi connectivity index (χ1v) is 10.4. The first-order valence-electron chi connectivity index (χ1n) is 8.52. The summed E-state index contributed by atoms with van der Waals surface area (Å²) in [6.45, 7) is 0.574. The summed E-state index contributed by atoms with van der Waals surface area (Å²) in [5, 5.41) is 6.63. The zero-order valence-corrected chi connectivity index (χ0v) is 16.1. The minimum absolute atomic E-state index is 0.188. The summed E-state index contributed by atoms with van der Waals surface area (Å²) in [7, 11) is 0. The number of furan rings is 1. The summed E-state index contributed by atoms with van der Waals surface area (Å²) in [5.74, 6) is 0.743. The standard InChI is InChI=1S/C20H17N3O2S2/c24-19(21-11-8-14-5-3-12-26-14)18-16(13-27-20-22-9-4-10-23-20)15-6-1-2-7-17(15)25-18/h1-7,9-10,12H,8,11,13H2,(H,21,24). The third-order valence-corrected chi connectivity index (χ3v) is 5.87. The topological polar surface area (TPSA) is 68.0 Å². The minimum atomic E-state index is -0.188. The molecule has 4 rings (SSSR count). The third kappa shape index (κ3) is 4.20.